The molecule has 138 valence electrons. The summed E-state index contributed by atoms with van der Waals surface area (Å²) in [6.45, 7) is 10.4. The minimum absolute atomic E-state index is 0.740. The van der Waals surface area contributed by atoms with Crippen molar-refractivity contribution in [2.45, 2.75) is 26.7 Å². The van der Waals surface area contributed by atoms with Crippen LogP contribution < -0.4 is 14.7 Å². The van der Waals surface area contributed by atoms with Crippen LogP contribution in [0.3, 0.4) is 0 Å². The number of hydrogen-bond donors (Lipinski definition) is 0. The van der Waals surface area contributed by atoms with Crippen LogP contribution in [0.15, 0.2) is 30.5 Å². The fraction of sp³-hybridized carbons (Fsp3) is 0.550. The topological polar surface area (TPSA) is 48.4 Å². The molecule has 2 aromatic heterocycles. The van der Waals surface area contributed by atoms with Gasteiger partial charge in [0.1, 0.15) is 23.3 Å². The molecular formula is C20H28N6. The van der Waals surface area contributed by atoms with Crippen molar-refractivity contribution in [3.05, 3.63) is 36.3 Å². The molecule has 0 bridgehead atoms. The fourth-order valence-electron chi connectivity index (χ4n) is 3.96. The summed E-state index contributed by atoms with van der Waals surface area (Å²) in [5.74, 6) is 4.82. The molecule has 0 N–H and O–H groups in total. The third kappa shape index (κ3) is 3.74. The van der Waals surface area contributed by atoms with E-state index < -0.39 is 0 Å². The van der Waals surface area contributed by atoms with Crippen LogP contribution >= 0.6 is 0 Å². The molecule has 1 unspecified atom stereocenters. The standard InChI is InChI=1S/C20H28N6/c1-16-6-5-9-26(15-16)20-14-19(22-17(2)23-20)25-12-10-24(11-13-25)18-7-3-4-8-21-18/h3-4,7-8,14,16H,5-6,9-13,15H2,1-2H3. The molecule has 0 aliphatic carbocycles. The molecule has 26 heavy (non-hydrogen) atoms. The molecule has 2 aromatic rings. The first kappa shape index (κ1) is 17.1. The average molecular weight is 352 g/mol. The zero-order chi connectivity index (χ0) is 17.9. The molecule has 2 aliphatic heterocycles. The van der Waals surface area contributed by atoms with Crippen LogP contribution in [0.5, 0.6) is 0 Å². The quantitative estimate of drug-likeness (QED) is 0.847. The molecule has 0 spiro atoms. The van der Waals surface area contributed by atoms with Crippen LogP contribution in [-0.4, -0.2) is 54.2 Å². The van der Waals surface area contributed by atoms with E-state index in [2.05, 4.69) is 38.7 Å². The summed E-state index contributed by atoms with van der Waals surface area (Å²) in [5, 5.41) is 0. The van der Waals surface area contributed by atoms with Crippen molar-refractivity contribution in [3.63, 3.8) is 0 Å². The number of rotatable bonds is 3. The van der Waals surface area contributed by atoms with Gasteiger partial charge in [0.05, 0.1) is 0 Å². The summed E-state index contributed by atoms with van der Waals surface area (Å²) in [5.41, 5.74) is 0. The van der Waals surface area contributed by atoms with Crippen LogP contribution in [-0.2, 0) is 0 Å². The minimum atomic E-state index is 0.740. The number of aromatic nitrogens is 3. The lowest BCUT2D eigenvalue weighted by Crippen LogP contribution is -2.47. The highest BCUT2D eigenvalue weighted by Crippen LogP contribution is 2.25. The number of pyridine rings is 1. The smallest absolute Gasteiger partial charge is 0.134 e. The van der Waals surface area contributed by atoms with E-state index in [9.17, 15) is 0 Å². The van der Waals surface area contributed by atoms with E-state index in [1.165, 1.54) is 12.8 Å². The Morgan fingerprint density at radius 1 is 0.885 bits per heavy atom. The molecule has 0 aromatic carbocycles. The Balaban J connectivity index is 1.46. The zero-order valence-corrected chi connectivity index (χ0v) is 15.8. The molecule has 0 saturated carbocycles. The highest BCUT2D eigenvalue weighted by Gasteiger charge is 2.22. The number of piperidine rings is 1. The molecular weight excluding hydrogens is 324 g/mol. The second kappa shape index (κ2) is 7.48. The Kier molecular flexibility index (Phi) is 4.91. The van der Waals surface area contributed by atoms with Gasteiger partial charge in [-0.2, -0.15) is 0 Å². The van der Waals surface area contributed by atoms with Crippen LogP contribution in [0, 0.1) is 12.8 Å². The van der Waals surface area contributed by atoms with Crippen molar-refractivity contribution in [2.75, 3.05) is 54.0 Å². The molecule has 0 amide bonds. The SMILES string of the molecule is Cc1nc(N2CCN(c3ccccn3)CC2)cc(N2CCCC(C)C2)n1. The highest BCUT2D eigenvalue weighted by molar-refractivity contribution is 5.52. The Morgan fingerprint density at radius 3 is 2.23 bits per heavy atom. The van der Waals surface area contributed by atoms with Crippen molar-refractivity contribution in [3.8, 4) is 0 Å². The van der Waals surface area contributed by atoms with Gasteiger partial charge in [-0.1, -0.05) is 13.0 Å². The van der Waals surface area contributed by atoms with Gasteiger partial charge in [0.25, 0.3) is 0 Å². The Morgan fingerprint density at radius 2 is 1.58 bits per heavy atom. The summed E-state index contributed by atoms with van der Waals surface area (Å²) in [6, 6.07) is 8.28. The van der Waals surface area contributed by atoms with Crippen molar-refractivity contribution in [2.24, 2.45) is 5.92 Å². The van der Waals surface area contributed by atoms with Crippen LogP contribution in [0.25, 0.3) is 0 Å². The van der Waals surface area contributed by atoms with E-state index >= 15 is 0 Å². The average Bonchev–Trinajstić information content (AvgIpc) is 2.68. The normalized spacial score (nSPS) is 21.2. The predicted octanol–water partition coefficient (Wildman–Crippen LogP) is 2.74. The molecule has 0 radical (unpaired) electrons. The van der Waals surface area contributed by atoms with E-state index in [-0.39, 0.29) is 0 Å². The molecule has 2 saturated heterocycles. The van der Waals surface area contributed by atoms with Gasteiger partial charge in [-0.25, -0.2) is 15.0 Å². The second-order valence-electron chi connectivity index (χ2n) is 7.49. The van der Waals surface area contributed by atoms with Crippen LogP contribution in [0.2, 0.25) is 0 Å². The maximum Gasteiger partial charge on any atom is 0.134 e. The first-order chi connectivity index (χ1) is 12.7. The number of anilines is 3. The van der Waals surface area contributed by atoms with Crippen LogP contribution in [0.4, 0.5) is 17.5 Å². The summed E-state index contributed by atoms with van der Waals surface area (Å²) < 4.78 is 0. The van der Waals surface area contributed by atoms with Gasteiger partial charge in [0.2, 0.25) is 0 Å². The Hall–Kier alpha value is -2.37. The molecule has 6 nitrogen and oxygen atoms in total. The molecule has 4 heterocycles. The van der Waals surface area contributed by atoms with E-state index in [0.717, 1.165) is 68.5 Å². The molecule has 2 aliphatic rings. The van der Waals surface area contributed by atoms with Gasteiger partial charge < -0.3 is 14.7 Å². The molecule has 6 heteroatoms. The van der Waals surface area contributed by atoms with E-state index in [0.29, 0.717) is 0 Å². The summed E-state index contributed by atoms with van der Waals surface area (Å²) >= 11 is 0. The summed E-state index contributed by atoms with van der Waals surface area (Å²) in [7, 11) is 0. The van der Waals surface area contributed by atoms with Gasteiger partial charge in [-0.3, -0.25) is 0 Å². The Labute approximate surface area is 155 Å². The minimum Gasteiger partial charge on any atom is -0.356 e. The maximum absolute atomic E-state index is 4.72. The van der Waals surface area contributed by atoms with E-state index in [1.54, 1.807) is 0 Å². The zero-order valence-electron chi connectivity index (χ0n) is 15.8. The fourth-order valence-corrected chi connectivity index (χ4v) is 3.96. The number of aryl methyl sites for hydroxylation is 1. The largest absolute Gasteiger partial charge is 0.356 e. The first-order valence-electron chi connectivity index (χ1n) is 9.70. The monoisotopic (exact) mass is 352 g/mol. The lowest BCUT2D eigenvalue weighted by atomic mass is 10.0. The van der Waals surface area contributed by atoms with Gasteiger partial charge in [-0.15, -0.1) is 0 Å². The van der Waals surface area contributed by atoms with E-state index in [1.807, 2.05) is 25.3 Å². The molecule has 1 atom stereocenters. The van der Waals surface area contributed by atoms with Gasteiger partial charge in [-0.05, 0) is 37.8 Å². The van der Waals surface area contributed by atoms with Crippen molar-refractivity contribution in [1.29, 1.82) is 0 Å². The van der Waals surface area contributed by atoms with E-state index in [4.69, 9.17) is 9.97 Å². The number of piperazine rings is 1. The first-order valence-corrected chi connectivity index (χ1v) is 9.70. The van der Waals surface area contributed by atoms with Gasteiger partial charge >= 0.3 is 0 Å². The van der Waals surface area contributed by atoms with Crippen LogP contribution in [0.1, 0.15) is 25.6 Å². The lowest BCUT2D eigenvalue weighted by Gasteiger charge is -2.37. The van der Waals surface area contributed by atoms with Crippen molar-refractivity contribution in [1.82, 2.24) is 15.0 Å². The maximum atomic E-state index is 4.72. The lowest BCUT2D eigenvalue weighted by molar-refractivity contribution is 0.444. The number of hydrogen-bond acceptors (Lipinski definition) is 6. The van der Waals surface area contributed by atoms with Gasteiger partial charge in [0, 0.05) is 51.5 Å². The van der Waals surface area contributed by atoms with Gasteiger partial charge in [0.15, 0.2) is 0 Å². The predicted molar refractivity (Wildman–Crippen MR) is 106 cm³/mol. The molecule has 4 rings (SSSR count). The van der Waals surface area contributed by atoms with Crippen molar-refractivity contribution < 1.29 is 0 Å². The summed E-state index contributed by atoms with van der Waals surface area (Å²) in [4.78, 5) is 21.1. The number of nitrogens with zero attached hydrogens (tertiary/aromatic N) is 6. The third-order valence-corrected chi connectivity index (χ3v) is 5.37. The summed E-state index contributed by atoms with van der Waals surface area (Å²) in [6.07, 6.45) is 4.44. The molecule has 2 fully saturated rings. The second-order valence-corrected chi connectivity index (χ2v) is 7.49. The third-order valence-electron chi connectivity index (χ3n) is 5.37. The van der Waals surface area contributed by atoms with Crippen molar-refractivity contribution >= 4 is 17.5 Å². The Bertz CT molecular complexity index is 726. The highest BCUT2D eigenvalue weighted by atomic mass is 15.3.